The van der Waals surface area contributed by atoms with Crippen molar-refractivity contribution in [2.75, 3.05) is 6.61 Å². The van der Waals surface area contributed by atoms with E-state index in [2.05, 4.69) is 24.4 Å². The maximum Gasteiger partial charge on any atom is 0.159 e. The first-order valence-corrected chi connectivity index (χ1v) is 7.64. The number of hydrogen-bond acceptors (Lipinski definition) is 3. The molecule has 2 heterocycles. The van der Waals surface area contributed by atoms with E-state index in [-0.39, 0.29) is 11.3 Å². The number of rotatable bonds is 4. The average molecular weight is 273 g/mol. The van der Waals surface area contributed by atoms with Crippen LogP contribution in [0, 0.1) is 0 Å². The average Bonchev–Trinajstić information content (AvgIpc) is 2.76. The first-order chi connectivity index (χ1) is 9.63. The van der Waals surface area contributed by atoms with E-state index in [4.69, 9.17) is 4.74 Å². The highest BCUT2D eigenvalue weighted by atomic mass is 16.5. The number of piperidine rings is 1. The molecule has 20 heavy (non-hydrogen) atoms. The molecule has 3 atom stereocenters. The Morgan fingerprint density at radius 1 is 1.40 bits per heavy atom. The van der Waals surface area contributed by atoms with Crippen LogP contribution >= 0.6 is 0 Å². The summed E-state index contributed by atoms with van der Waals surface area (Å²) in [6, 6.07) is 8.70. The van der Waals surface area contributed by atoms with Gasteiger partial charge in [0.1, 0.15) is 0 Å². The number of Topliss-reactive ketones (excluding diaryl/α,β-unsaturated/α-hetero) is 1. The van der Waals surface area contributed by atoms with Gasteiger partial charge < -0.3 is 10.1 Å². The monoisotopic (exact) mass is 273 g/mol. The number of hydrogen-bond donors (Lipinski definition) is 1. The molecule has 3 rings (SSSR count). The van der Waals surface area contributed by atoms with Gasteiger partial charge in [-0.25, -0.2) is 0 Å². The Bertz CT molecular complexity index is 496. The van der Waals surface area contributed by atoms with Gasteiger partial charge in [0.25, 0.3) is 0 Å². The minimum absolute atomic E-state index is 0.0536. The van der Waals surface area contributed by atoms with Gasteiger partial charge in [-0.3, -0.25) is 4.79 Å². The molecule has 1 aromatic carbocycles. The van der Waals surface area contributed by atoms with E-state index < -0.39 is 0 Å². The van der Waals surface area contributed by atoms with Gasteiger partial charge in [-0.2, -0.15) is 0 Å². The number of benzene rings is 1. The van der Waals surface area contributed by atoms with Crippen LogP contribution in [-0.2, 0) is 10.3 Å². The van der Waals surface area contributed by atoms with Crippen LogP contribution in [0.25, 0.3) is 0 Å². The van der Waals surface area contributed by atoms with Crippen LogP contribution in [0.4, 0.5) is 0 Å². The summed E-state index contributed by atoms with van der Waals surface area (Å²) < 4.78 is 5.88. The highest BCUT2D eigenvalue weighted by Crippen LogP contribution is 2.43. The van der Waals surface area contributed by atoms with Crippen molar-refractivity contribution in [3.05, 3.63) is 35.4 Å². The highest BCUT2D eigenvalue weighted by molar-refractivity contribution is 5.94. The molecule has 108 valence electrons. The van der Waals surface area contributed by atoms with E-state index in [0.717, 1.165) is 25.0 Å². The molecular formula is C17H23NO2. The second-order valence-corrected chi connectivity index (χ2v) is 6.11. The van der Waals surface area contributed by atoms with E-state index in [1.807, 2.05) is 12.1 Å². The van der Waals surface area contributed by atoms with Crippen molar-refractivity contribution in [2.24, 2.45) is 0 Å². The Balaban J connectivity index is 1.85. The molecule has 2 saturated heterocycles. The summed E-state index contributed by atoms with van der Waals surface area (Å²) in [7, 11) is 0. The van der Waals surface area contributed by atoms with Crippen LogP contribution in [0.5, 0.6) is 0 Å². The van der Waals surface area contributed by atoms with Crippen molar-refractivity contribution >= 4 is 5.78 Å². The second-order valence-electron chi connectivity index (χ2n) is 6.11. The molecule has 0 aromatic heterocycles. The summed E-state index contributed by atoms with van der Waals surface area (Å²) in [6.45, 7) is 4.47. The predicted octanol–water partition coefficient (Wildman–Crippen LogP) is 3.04. The molecule has 1 aromatic rings. The van der Waals surface area contributed by atoms with Gasteiger partial charge in [0.15, 0.2) is 5.78 Å². The van der Waals surface area contributed by atoms with Gasteiger partial charge in [0.2, 0.25) is 0 Å². The number of ether oxygens (including phenoxy) is 1. The molecule has 0 spiro atoms. The van der Waals surface area contributed by atoms with Crippen LogP contribution < -0.4 is 5.32 Å². The largest absolute Gasteiger partial charge is 0.378 e. The lowest BCUT2D eigenvalue weighted by atomic mass is 9.82. The van der Waals surface area contributed by atoms with Crippen molar-refractivity contribution in [2.45, 2.75) is 57.2 Å². The zero-order valence-electron chi connectivity index (χ0n) is 12.3. The SMILES string of the molecule is CCOC1CC2CCC(c3ccc(C(C)=O)cc3)(C1)N2. The van der Waals surface area contributed by atoms with Gasteiger partial charge >= 0.3 is 0 Å². The predicted molar refractivity (Wildman–Crippen MR) is 78.9 cm³/mol. The summed E-state index contributed by atoms with van der Waals surface area (Å²) in [5, 5.41) is 3.79. The third kappa shape index (κ3) is 2.40. The van der Waals surface area contributed by atoms with E-state index in [1.54, 1.807) is 6.92 Å². The molecule has 1 N–H and O–H groups in total. The van der Waals surface area contributed by atoms with E-state index in [9.17, 15) is 4.79 Å². The lowest BCUT2D eigenvalue weighted by Crippen LogP contribution is -2.49. The molecule has 0 saturated carbocycles. The summed E-state index contributed by atoms with van der Waals surface area (Å²) >= 11 is 0. The lowest BCUT2D eigenvalue weighted by Gasteiger charge is -2.39. The van der Waals surface area contributed by atoms with Crippen molar-refractivity contribution < 1.29 is 9.53 Å². The van der Waals surface area contributed by atoms with Gasteiger partial charge in [0.05, 0.1) is 6.10 Å². The number of carbonyl (C=O) groups is 1. The molecule has 3 unspecified atom stereocenters. The molecule has 3 nitrogen and oxygen atoms in total. The maximum absolute atomic E-state index is 11.4. The van der Waals surface area contributed by atoms with Gasteiger partial charge in [-0.15, -0.1) is 0 Å². The molecule has 3 heteroatoms. The number of fused-ring (bicyclic) bond motifs is 2. The number of carbonyl (C=O) groups excluding carboxylic acids is 1. The van der Waals surface area contributed by atoms with Crippen LogP contribution in [0.1, 0.15) is 55.5 Å². The van der Waals surface area contributed by atoms with Crippen molar-refractivity contribution in [1.82, 2.24) is 5.32 Å². The van der Waals surface area contributed by atoms with E-state index in [0.29, 0.717) is 12.1 Å². The summed E-state index contributed by atoms with van der Waals surface area (Å²) in [5.74, 6) is 0.127. The first-order valence-electron chi connectivity index (χ1n) is 7.64. The molecule has 2 bridgehead atoms. The Kier molecular flexibility index (Phi) is 3.65. The molecule has 0 aliphatic carbocycles. The Morgan fingerprint density at radius 2 is 2.15 bits per heavy atom. The van der Waals surface area contributed by atoms with Crippen molar-refractivity contribution in [3.8, 4) is 0 Å². The Hall–Kier alpha value is -1.19. The van der Waals surface area contributed by atoms with Gasteiger partial charge in [-0.05, 0) is 45.1 Å². The minimum atomic E-state index is 0.0536. The standard InChI is InChI=1S/C17H23NO2/c1-3-20-16-10-15-8-9-17(11-16,18-15)14-6-4-13(5-7-14)12(2)19/h4-7,15-16,18H,3,8-11H2,1-2H3. The van der Waals surface area contributed by atoms with Crippen LogP contribution in [0.2, 0.25) is 0 Å². The number of ketones is 1. The van der Waals surface area contributed by atoms with Crippen molar-refractivity contribution in [1.29, 1.82) is 0 Å². The summed E-state index contributed by atoms with van der Waals surface area (Å²) in [4.78, 5) is 11.4. The van der Waals surface area contributed by atoms with Gasteiger partial charge in [-0.1, -0.05) is 24.3 Å². The third-order valence-corrected chi connectivity index (χ3v) is 4.77. The molecule has 0 amide bonds. The third-order valence-electron chi connectivity index (χ3n) is 4.77. The zero-order valence-corrected chi connectivity index (χ0v) is 12.3. The fourth-order valence-electron chi connectivity index (χ4n) is 3.81. The minimum Gasteiger partial charge on any atom is -0.378 e. The quantitative estimate of drug-likeness (QED) is 0.857. The lowest BCUT2D eigenvalue weighted by molar-refractivity contribution is 0.00871. The smallest absolute Gasteiger partial charge is 0.159 e. The molecule has 2 aliphatic heterocycles. The van der Waals surface area contributed by atoms with Crippen molar-refractivity contribution in [3.63, 3.8) is 0 Å². The van der Waals surface area contributed by atoms with Crippen LogP contribution in [-0.4, -0.2) is 24.5 Å². The highest BCUT2D eigenvalue weighted by Gasteiger charge is 2.46. The second kappa shape index (κ2) is 5.30. The molecular weight excluding hydrogens is 250 g/mol. The fourth-order valence-corrected chi connectivity index (χ4v) is 3.81. The Morgan fingerprint density at radius 3 is 2.80 bits per heavy atom. The van der Waals surface area contributed by atoms with Crippen LogP contribution in [0.15, 0.2) is 24.3 Å². The topological polar surface area (TPSA) is 38.3 Å². The summed E-state index contributed by atoms with van der Waals surface area (Å²) in [5.41, 5.74) is 2.14. The summed E-state index contributed by atoms with van der Waals surface area (Å²) in [6.07, 6.45) is 4.91. The molecule has 2 fully saturated rings. The maximum atomic E-state index is 11.4. The van der Waals surface area contributed by atoms with Crippen LogP contribution in [0.3, 0.4) is 0 Å². The Labute approximate surface area is 120 Å². The molecule has 2 aliphatic rings. The normalized spacial score (nSPS) is 32.3. The first kappa shape index (κ1) is 13.8. The molecule has 0 radical (unpaired) electrons. The van der Waals surface area contributed by atoms with Gasteiger partial charge in [0, 0.05) is 23.8 Å². The van der Waals surface area contributed by atoms with E-state index in [1.165, 1.54) is 18.4 Å². The fraction of sp³-hybridized carbons (Fsp3) is 0.588. The zero-order chi connectivity index (χ0) is 14.2. The van der Waals surface area contributed by atoms with E-state index >= 15 is 0 Å². The number of nitrogens with one attached hydrogen (secondary N) is 1.